The van der Waals surface area contributed by atoms with Crippen LogP contribution in [0.2, 0.25) is 0 Å². The lowest BCUT2D eigenvalue weighted by Crippen LogP contribution is -2.24. The van der Waals surface area contributed by atoms with Gasteiger partial charge in [0, 0.05) is 30.2 Å². The maximum atomic E-state index is 12.4. The number of amides is 2. The van der Waals surface area contributed by atoms with Crippen LogP contribution in [0.25, 0.3) is 0 Å². The summed E-state index contributed by atoms with van der Waals surface area (Å²) in [6, 6.07) is 14.2. The molecule has 0 saturated carbocycles. The second-order valence-corrected chi connectivity index (χ2v) is 6.11. The summed E-state index contributed by atoms with van der Waals surface area (Å²) >= 11 is 0. The predicted octanol–water partition coefficient (Wildman–Crippen LogP) is 2.81. The Morgan fingerprint density at radius 1 is 1.00 bits per heavy atom. The molecule has 0 unspecified atom stereocenters. The standard InChI is InChI=1S/C20H20N6O2/c1-13-11-18(19(28)22-12-17-5-3-4-10-21-17)26-20(23-13)25-16-8-6-15(7-9-16)24-14(2)27/h3-11H,12H2,1-2H3,(H,22,28)(H,24,27)(H,23,25,26). The number of pyridine rings is 1. The molecule has 3 aromatic rings. The molecule has 0 spiro atoms. The van der Waals surface area contributed by atoms with E-state index in [2.05, 4.69) is 30.9 Å². The molecule has 0 aliphatic heterocycles. The molecular formula is C20H20N6O2. The lowest BCUT2D eigenvalue weighted by Gasteiger charge is -2.09. The molecule has 8 nitrogen and oxygen atoms in total. The number of nitrogens with zero attached hydrogens (tertiary/aromatic N) is 3. The van der Waals surface area contributed by atoms with Gasteiger partial charge >= 0.3 is 0 Å². The zero-order valence-electron chi connectivity index (χ0n) is 15.6. The van der Waals surface area contributed by atoms with E-state index >= 15 is 0 Å². The Kier molecular flexibility index (Phi) is 5.91. The van der Waals surface area contributed by atoms with E-state index in [1.54, 1.807) is 43.5 Å². The molecular weight excluding hydrogens is 356 g/mol. The van der Waals surface area contributed by atoms with Crippen LogP contribution in [0.15, 0.2) is 54.7 Å². The van der Waals surface area contributed by atoms with Crippen molar-refractivity contribution in [1.29, 1.82) is 0 Å². The second-order valence-electron chi connectivity index (χ2n) is 6.11. The van der Waals surface area contributed by atoms with E-state index in [0.717, 1.165) is 11.4 Å². The van der Waals surface area contributed by atoms with E-state index in [0.29, 0.717) is 23.9 Å². The van der Waals surface area contributed by atoms with Gasteiger partial charge in [0.2, 0.25) is 11.9 Å². The molecule has 2 aromatic heterocycles. The minimum Gasteiger partial charge on any atom is -0.345 e. The van der Waals surface area contributed by atoms with Gasteiger partial charge in [-0.1, -0.05) is 6.07 Å². The van der Waals surface area contributed by atoms with Crippen molar-refractivity contribution in [1.82, 2.24) is 20.3 Å². The highest BCUT2D eigenvalue weighted by atomic mass is 16.2. The lowest BCUT2D eigenvalue weighted by molar-refractivity contribution is -0.114. The topological polar surface area (TPSA) is 109 Å². The number of anilines is 3. The van der Waals surface area contributed by atoms with Crippen molar-refractivity contribution in [3.8, 4) is 0 Å². The van der Waals surface area contributed by atoms with Crippen molar-refractivity contribution in [2.75, 3.05) is 10.6 Å². The number of rotatable bonds is 6. The largest absolute Gasteiger partial charge is 0.345 e. The van der Waals surface area contributed by atoms with Gasteiger partial charge in [0.1, 0.15) is 5.69 Å². The van der Waals surface area contributed by atoms with Gasteiger partial charge in [0.25, 0.3) is 5.91 Å². The third-order valence-electron chi connectivity index (χ3n) is 3.70. The normalized spacial score (nSPS) is 10.2. The summed E-state index contributed by atoms with van der Waals surface area (Å²) in [5.74, 6) is -0.125. The Balaban J connectivity index is 1.68. The first-order valence-electron chi connectivity index (χ1n) is 8.68. The number of benzene rings is 1. The molecule has 0 aliphatic carbocycles. The van der Waals surface area contributed by atoms with Crippen LogP contribution in [-0.4, -0.2) is 26.8 Å². The molecule has 142 valence electrons. The second kappa shape index (κ2) is 8.72. The van der Waals surface area contributed by atoms with E-state index in [1.807, 2.05) is 18.2 Å². The number of carbonyl (C=O) groups is 2. The van der Waals surface area contributed by atoms with Crippen LogP contribution >= 0.6 is 0 Å². The van der Waals surface area contributed by atoms with Gasteiger partial charge in [-0.2, -0.15) is 0 Å². The van der Waals surface area contributed by atoms with Crippen molar-refractivity contribution >= 4 is 29.1 Å². The molecule has 1 aromatic carbocycles. The molecule has 8 heteroatoms. The average Bonchev–Trinajstić information content (AvgIpc) is 2.67. The summed E-state index contributed by atoms with van der Waals surface area (Å²) < 4.78 is 0. The zero-order chi connectivity index (χ0) is 19.9. The fourth-order valence-corrected chi connectivity index (χ4v) is 2.47. The minimum atomic E-state index is -0.305. The Morgan fingerprint density at radius 2 is 1.75 bits per heavy atom. The molecule has 0 atom stereocenters. The summed E-state index contributed by atoms with van der Waals surface area (Å²) in [6.45, 7) is 3.56. The fourth-order valence-electron chi connectivity index (χ4n) is 2.47. The molecule has 0 radical (unpaired) electrons. The van der Waals surface area contributed by atoms with Crippen LogP contribution < -0.4 is 16.0 Å². The van der Waals surface area contributed by atoms with Crippen molar-refractivity contribution < 1.29 is 9.59 Å². The average molecular weight is 376 g/mol. The molecule has 2 amide bonds. The summed E-state index contributed by atoms with van der Waals surface area (Å²) in [4.78, 5) is 36.3. The number of hydrogen-bond acceptors (Lipinski definition) is 6. The highest BCUT2D eigenvalue weighted by molar-refractivity contribution is 5.92. The number of nitrogens with one attached hydrogen (secondary N) is 3. The predicted molar refractivity (Wildman–Crippen MR) is 106 cm³/mol. The molecule has 0 bridgehead atoms. The van der Waals surface area contributed by atoms with Crippen molar-refractivity contribution in [3.05, 3.63) is 71.8 Å². The Morgan fingerprint density at radius 3 is 2.43 bits per heavy atom. The van der Waals surface area contributed by atoms with E-state index in [4.69, 9.17) is 0 Å². The van der Waals surface area contributed by atoms with Crippen LogP contribution in [0.5, 0.6) is 0 Å². The summed E-state index contributed by atoms with van der Waals surface area (Å²) in [5.41, 5.74) is 3.12. The smallest absolute Gasteiger partial charge is 0.270 e. The van der Waals surface area contributed by atoms with E-state index in [1.165, 1.54) is 6.92 Å². The molecule has 3 N–H and O–H groups in total. The minimum absolute atomic E-state index is 0.135. The van der Waals surface area contributed by atoms with Crippen molar-refractivity contribution in [2.24, 2.45) is 0 Å². The van der Waals surface area contributed by atoms with Crippen molar-refractivity contribution in [2.45, 2.75) is 20.4 Å². The van der Waals surface area contributed by atoms with Gasteiger partial charge in [0.15, 0.2) is 0 Å². The quantitative estimate of drug-likeness (QED) is 0.610. The maximum Gasteiger partial charge on any atom is 0.270 e. The van der Waals surface area contributed by atoms with Gasteiger partial charge in [-0.3, -0.25) is 14.6 Å². The molecule has 2 heterocycles. The number of aromatic nitrogens is 3. The molecule has 0 fully saturated rings. The SMILES string of the molecule is CC(=O)Nc1ccc(Nc2nc(C)cc(C(=O)NCc3ccccn3)n2)cc1. The van der Waals surface area contributed by atoms with Gasteiger partial charge in [0.05, 0.1) is 12.2 Å². The molecule has 0 aliphatic rings. The van der Waals surface area contributed by atoms with Gasteiger partial charge < -0.3 is 16.0 Å². The van der Waals surface area contributed by atoms with E-state index in [-0.39, 0.29) is 17.5 Å². The van der Waals surface area contributed by atoms with Crippen LogP contribution in [0.4, 0.5) is 17.3 Å². The summed E-state index contributed by atoms with van der Waals surface area (Å²) in [7, 11) is 0. The Hall–Kier alpha value is -3.81. The highest BCUT2D eigenvalue weighted by Crippen LogP contribution is 2.17. The van der Waals surface area contributed by atoms with Crippen LogP contribution in [0.3, 0.4) is 0 Å². The van der Waals surface area contributed by atoms with Gasteiger partial charge in [-0.15, -0.1) is 0 Å². The monoisotopic (exact) mass is 376 g/mol. The third-order valence-corrected chi connectivity index (χ3v) is 3.70. The number of aryl methyl sites for hydroxylation is 1. The Labute approximate surface area is 162 Å². The maximum absolute atomic E-state index is 12.4. The first kappa shape index (κ1) is 19.0. The first-order chi connectivity index (χ1) is 13.5. The zero-order valence-corrected chi connectivity index (χ0v) is 15.6. The van der Waals surface area contributed by atoms with Crippen molar-refractivity contribution in [3.63, 3.8) is 0 Å². The summed E-state index contributed by atoms with van der Waals surface area (Å²) in [6.07, 6.45) is 1.68. The lowest BCUT2D eigenvalue weighted by atomic mass is 10.2. The first-order valence-corrected chi connectivity index (χ1v) is 8.68. The number of hydrogen-bond donors (Lipinski definition) is 3. The summed E-state index contributed by atoms with van der Waals surface area (Å²) in [5, 5.41) is 8.57. The molecule has 3 rings (SSSR count). The van der Waals surface area contributed by atoms with E-state index < -0.39 is 0 Å². The fraction of sp³-hybridized carbons (Fsp3) is 0.150. The van der Waals surface area contributed by atoms with Crippen LogP contribution in [0.1, 0.15) is 28.8 Å². The van der Waals surface area contributed by atoms with Crippen LogP contribution in [0, 0.1) is 6.92 Å². The van der Waals surface area contributed by atoms with E-state index in [9.17, 15) is 9.59 Å². The van der Waals surface area contributed by atoms with Crippen LogP contribution in [-0.2, 0) is 11.3 Å². The molecule has 0 saturated heterocycles. The Bertz CT molecular complexity index is 974. The van der Waals surface area contributed by atoms with Gasteiger partial charge in [-0.05, 0) is 49.4 Å². The third kappa shape index (κ3) is 5.34. The van der Waals surface area contributed by atoms with Gasteiger partial charge in [-0.25, -0.2) is 9.97 Å². The number of carbonyl (C=O) groups excluding carboxylic acids is 2. The molecule has 28 heavy (non-hydrogen) atoms. The highest BCUT2D eigenvalue weighted by Gasteiger charge is 2.11.